The second-order valence-electron chi connectivity index (χ2n) is 2.87. The molecule has 1 rings (SSSR count). The molecule has 1 atom stereocenters. The minimum Gasteiger partial charge on any atom is -0.467 e. The van der Waals surface area contributed by atoms with Crippen LogP contribution in [0.4, 0.5) is 0 Å². The molecule has 0 aliphatic rings. The van der Waals surface area contributed by atoms with Crippen molar-refractivity contribution in [2.24, 2.45) is 0 Å². The quantitative estimate of drug-likeness (QED) is 0.564. The highest BCUT2D eigenvalue weighted by molar-refractivity contribution is 5.11. The van der Waals surface area contributed by atoms with E-state index in [1.165, 1.54) is 6.26 Å². The van der Waals surface area contributed by atoms with E-state index in [0.29, 0.717) is 18.6 Å². The number of terminal acetylenes is 1. The molecule has 2 heteroatoms. The SMILES string of the molecule is C#CCC(=C)CC(O)c1ccco1. The van der Waals surface area contributed by atoms with Crippen molar-refractivity contribution in [3.8, 4) is 12.3 Å². The van der Waals surface area contributed by atoms with E-state index in [4.69, 9.17) is 10.8 Å². The van der Waals surface area contributed by atoms with Crippen molar-refractivity contribution in [2.45, 2.75) is 18.9 Å². The van der Waals surface area contributed by atoms with Crippen LogP contribution in [0, 0.1) is 12.3 Å². The summed E-state index contributed by atoms with van der Waals surface area (Å²) in [7, 11) is 0. The first kappa shape index (κ1) is 9.63. The molecule has 1 heterocycles. The Morgan fingerprint density at radius 2 is 2.54 bits per heavy atom. The molecule has 1 aromatic rings. The van der Waals surface area contributed by atoms with Crippen LogP contribution in [0.3, 0.4) is 0 Å². The fourth-order valence-corrected chi connectivity index (χ4v) is 1.07. The molecule has 2 nitrogen and oxygen atoms in total. The van der Waals surface area contributed by atoms with Crippen LogP contribution in [-0.4, -0.2) is 5.11 Å². The van der Waals surface area contributed by atoms with Gasteiger partial charge in [-0.15, -0.1) is 12.3 Å². The molecule has 0 saturated heterocycles. The van der Waals surface area contributed by atoms with Crippen molar-refractivity contribution in [2.75, 3.05) is 0 Å². The van der Waals surface area contributed by atoms with Gasteiger partial charge in [-0.2, -0.15) is 0 Å². The molecular weight excluding hydrogens is 164 g/mol. The molecule has 0 aromatic carbocycles. The molecule has 0 fully saturated rings. The standard InChI is InChI=1S/C11H12O2/c1-3-5-9(2)8-10(12)11-6-4-7-13-11/h1,4,6-7,10,12H,2,5,8H2. The number of aliphatic hydroxyl groups is 1. The highest BCUT2D eigenvalue weighted by Crippen LogP contribution is 2.21. The van der Waals surface area contributed by atoms with E-state index >= 15 is 0 Å². The molecule has 1 N–H and O–H groups in total. The molecule has 1 aromatic heterocycles. The Bertz CT molecular complexity index is 303. The summed E-state index contributed by atoms with van der Waals surface area (Å²) in [6.07, 6.45) is 6.96. The van der Waals surface area contributed by atoms with Crippen LogP contribution in [0.1, 0.15) is 24.7 Å². The third-order valence-corrected chi connectivity index (χ3v) is 1.71. The first-order valence-electron chi connectivity index (χ1n) is 4.05. The maximum Gasteiger partial charge on any atom is 0.132 e. The zero-order chi connectivity index (χ0) is 9.68. The fourth-order valence-electron chi connectivity index (χ4n) is 1.07. The number of hydrogen-bond acceptors (Lipinski definition) is 2. The Kier molecular flexibility index (Phi) is 3.36. The van der Waals surface area contributed by atoms with Crippen molar-refractivity contribution >= 4 is 0 Å². The molecule has 0 saturated carbocycles. The second-order valence-corrected chi connectivity index (χ2v) is 2.87. The Morgan fingerprint density at radius 3 is 3.08 bits per heavy atom. The van der Waals surface area contributed by atoms with Gasteiger partial charge in [-0.05, 0) is 12.1 Å². The number of furan rings is 1. The molecule has 0 amide bonds. The average molecular weight is 176 g/mol. The van der Waals surface area contributed by atoms with Crippen LogP contribution in [0.15, 0.2) is 35.0 Å². The Labute approximate surface area is 77.9 Å². The van der Waals surface area contributed by atoms with Gasteiger partial charge in [0.05, 0.1) is 6.26 Å². The maximum atomic E-state index is 9.58. The molecule has 0 aliphatic heterocycles. The van der Waals surface area contributed by atoms with Gasteiger partial charge in [-0.1, -0.05) is 12.2 Å². The minimum atomic E-state index is -0.629. The van der Waals surface area contributed by atoms with Gasteiger partial charge >= 0.3 is 0 Å². The van der Waals surface area contributed by atoms with Crippen LogP contribution in [0.25, 0.3) is 0 Å². The predicted molar refractivity (Wildman–Crippen MR) is 50.9 cm³/mol. The highest BCUT2D eigenvalue weighted by atomic mass is 16.4. The smallest absolute Gasteiger partial charge is 0.132 e. The molecule has 0 bridgehead atoms. The van der Waals surface area contributed by atoms with E-state index in [-0.39, 0.29) is 0 Å². The number of rotatable bonds is 4. The van der Waals surface area contributed by atoms with Gasteiger partial charge in [0.2, 0.25) is 0 Å². The van der Waals surface area contributed by atoms with Crippen molar-refractivity contribution < 1.29 is 9.52 Å². The summed E-state index contributed by atoms with van der Waals surface area (Å²) in [5.41, 5.74) is 0.839. The summed E-state index contributed by atoms with van der Waals surface area (Å²) in [4.78, 5) is 0. The molecular formula is C11H12O2. The van der Waals surface area contributed by atoms with Crippen molar-refractivity contribution in [3.05, 3.63) is 36.3 Å². The zero-order valence-electron chi connectivity index (χ0n) is 7.36. The normalized spacial score (nSPS) is 12.0. The summed E-state index contributed by atoms with van der Waals surface area (Å²) >= 11 is 0. The third-order valence-electron chi connectivity index (χ3n) is 1.71. The monoisotopic (exact) mass is 176 g/mol. The summed E-state index contributed by atoms with van der Waals surface area (Å²) < 4.78 is 5.03. The van der Waals surface area contributed by atoms with Crippen molar-refractivity contribution in [1.82, 2.24) is 0 Å². The van der Waals surface area contributed by atoms with Gasteiger partial charge in [-0.3, -0.25) is 0 Å². The second kappa shape index (κ2) is 4.54. The predicted octanol–water partition coefficient (Wildman–Crippen LogP) is 2.28. The topological polar surface area (TPSA) is 33.4 Å². The van der Waals surface area contributed by atoms with Crippen LogP contribution in [-0.2, 0) is 0 Å². The van der Waals surface area contributed by atoms with Gasteiger partial charge in [0.25, 0.3) is 0 Å². The summed E-state index contributed by atoms with van der Waals surface area (Å²) in [6, 6.07) is 3.47. The van der Waals surface area contributed by atoms with E-state index in [0.717, 1.165) is 5.57 Å². The van der Waals surface area contributed by atoms with Crippen molar-refractivity contribution in [3.63, 3.8) is 0 Å². The lowest BCUT2D eigenvalue weighted by Crippen LogP contribution is -1.96. The molecule has 1 unspecified atom stereocenters. The summed E-state index contributed by atoms with van der Waals surface area (Å²) in [5.74, 6) is 3.03. The largest absolute Gasteiger partial charge is 0.467 e. The minimum absolute atomic E-state index is 0.456. The average Bonchev–Trinajstić information content (AvgIpc) is 2.55. The lowest BCUT2D eigenvalue weighted by Gasteiger charge is -2.07. The van der Waals surface area contributed by atoms with Crippen LogP contribution in [0.5, 0.6) is 0 Å². The van der Waals surface area contributed by atoms with Gasteiger partial charge in [0, 0.05) is 12.8 Å². The van der Waals surface area contributed by atoms with E-state index in [1.807, 2.05) is 0 Å². The van der Waals surface area contributed by atoms with Crippen LogP contribution in [0.2, 0.25) is 0 Å². The van der Waals surface area contributed by atoms with Gasteiger partial charge in [0.1, 0.15) is 11.9 Å². The van der Waals surface area contributed by atoms with E-state index in [1.54, 1.807) is 12.1 Å². The van der Waals surface area contributed by atoms with E-state index < -0.39 is 6.10 Å². The first-order valence-corrected chi connectivity index (χ1v) is 4.05. The van der Waals surface area contributed by atoms with Crippen LogP contribution >= 0.6 is 0 Å². The Morgan fingerprint density at radius 1 is 1.77 bits per heavy atom. The van der Waals surface area contributed by atoms with Crippen molar-refractivity contribution in [1.29, 1.82) is 0 Å². The zero-order valence-corrected chi connectivity index (χ0v) is 7.36. The fraction of sp³-hybridized carbons (Fsp3) is 0.273. The van der Waals surface area contributed by atoms with E-state index in [9.17, 15) is 5.11 Å². The van der Waals surface area contributed by atoms with Gasteiger partial charge < -0.3 is 9.52 Å². The highest BCUT2D eigenvalue weighted by Gasteiger charge is 2.10. The Balaban J connectivity index is 2.47. The summed E-state index contributed by atoms with van der Waals surface area (Å²) in [6.45, 7) is 3.75. The molecule has 0 aliphatic carbocycles. The maximum absolute atomic E-state index is 9.58. The van der Waals surface area contributed by atoms with Gasteiger partial charge in [0.15, 0.2) is 0 Å². The number of aliphatic hydroxyl groups excluding tert-OH is 1. The number of hydrogen-bond donors (Lipinski definition) is 1. The molecule has 13 heavy (non-hydrogen) atoms. The summed E-state index contributed by atoms with van der Waals surface area (Å²) in [5, 5.41) is 9.58. The lowest BCUT2D eigenvalue weighted by molar-refractivity contribution is 0.150. The third kappa shape index (κ3) is 2.81. The van der Waals surface area contributed by atoms with E-state index in [2.05, 4.69) is 12.5 Å². The molecule has 0 radical (unpaired) electrons. The van der Waals surface area contributed by atoms with Gasteiger partial charge in [-0.25, -0.2) is 0 Å². The van der Waals surface area contributed by atoms with Crippen LogP contribution < -0.4 is 0 Å². The Hall–Kier alpha value is -1.46. The molecule has 68 valence electrons. The molecule has 0 spiro atoms. The lowest BCUT2D eigenvalue weighted by atomic mass is 10.1. The first-order chi connectivity index (χ1) is 6.24.